The van der Waals surface area contributed by atoms with Crippen molar-refractivity contribution in [3.05, 3.63) is 90.2 Å². The lowest BCUT2D eigenvalue weighted by molar-refractivity contribution is -0.140. The lowest BCUT2D eigenvalue weighted by Gasteiger charge is -2.34. The fraction of sp³-hybridized carbons (Fsp3) is 0.412. The van der Waals surface area contributed by atoms with Crippen molar-refractivity contribution in [1.82, 2.24) is 10.2 Å². The Labute approximate surface area is 260 Å². The van der Waals surface area contributed by atoms with Gasteiger partial charge in [-0.05, 0) is 86.7 Å². The van der Waals surface area contributed by atoms with Crippen molar-refractivity contribution in [3.63, 3.8) is 0 Å². The summed E-state index contributed by atoms with van der Waals surface area (Å²) in [7, 11) is -4.29. The van der Waals surface area contributed by atoms with Crippen LogP contribution in [0.4, 0.5) is 10.1 Å². The highest BCUT2D eigenvalue weighted by atomic mass is 32.2. The van der Waals surface area contributed by atoms with E-state index in [1.54, 1.807) is 24.3 Å². The van der Waals surface area contributed by atoms with Gasteiger partial charge in [-0.15, -0.1) is 0 Å². The SMILES string of the molecule is CCOc1ccc(N(CC(=O)N(CCc2ccccc2)C(CC)C(=O)NC2CCCCC2)S(=O)(=O)c2ccc(F)cc2)cc1. The van der Waals surface area contributed by atoms with E-state index in [1.165, 1.54) is 17.0 Å². The van der Waals surface area contributed by atoms with Crippen molar-refractivity contribution in [2.45, 2.75) is 75.8 Å². The first-order valence-corrected chi connectivity index (χ1v) is 16.8. The van der Waals surface area contributed by atoms with Crippen LogP contribution in [0.25, 0.3) is 0 Å². The minimum Gasteiger partial charge on any atom is -0.494 e. The number of hydrogen-bond donors (Lipinski definition) is 1. The van der Waals surface area contributed by atoms with Crippen LogP contribution in [-0.2, 0) is 26.0 Å². The third-order valence-corrected chi connectivity index (χ3v) is 9.73. The van der Waals surface area contributed by atoms with Gasteiger partial charge in [-0.3, -0.25) is 13.9 Å². The number of halogens is 1. The number of ether oxygens (including phenoxy) is 1. The summed E-state index contributed by atoms with van der Waals surface area (Å²) in [4.78, 5) is 29.2. The van der Waals surface area contributed by atoms with Gasteiger partial charge in [0.25, 0.3) is 10.0 Å². The molecular formula is C34H42FN3O5S. The van der Waals surface area contributed by atoms with E-state index in [-0.39, 0.29) is 29.1 Å². The topological polar surface area (TPSA) is 96.0 Å². The Balaban J connectivity index is 1.67. The molecule has 3 aromatic carbocycles. The molecule has 0 heterocycles. The highest BCUT2D eigenvalue weighted by Crippen LogP contribution is 2.27. The number of anilines is 1. The average Bonchev–Trinajstić information content (AvgIpc) is 3.03. The van der Waals surface area contributed by atoms with Gasteiger partial charge >= 0.3 is 0 Å². The quantitative estimate of drug-likeness (QED) is 0.248. The van der Waals surface area contributed by atoms with Crippen LogP contribution in [0.3, 0.4) is 0 Å². The second-order valence-corrected chi connectivity index (χ2v) is 12.8. The minimum atomic E-state index is -4.29. The van der Waals surface area contributed by atoms with Crippen LogP contribution in [-0.4, -0.2) is 56.9 Å². The summed E-state index contributed by atoms with van der Waals surface area (Å²) in [5.74, 6) is -0.757. The lowest BCUT2D eigenvalue weighted by atomic mass is 9.95. The van der Waals surface area contributed by atoms with Crippen molar-refractivity contribution >= 4 is 27.5 Å². The third-order valence-electron chi connectivity index (χ3n) is 7.94. The molecule has 1 aliphatic rings. The number of hydrogen-bond acceptors (Lipinski definition) is 5. The molecular weight excluding hydrogens is 581 g/mol. The van der Waals surface area contributed by atoms with Gasteiger partial charge in [0.2, 0.25) is 11.8 Å². The summed E-state index contributed by atoms with van der Waals surface area (Å²) in [6.07, 6.45) is 5.92. The first-order chi connectivity index (χ1) is 21.2. The van der Waals surface area contributed by atoms with Gasteiger partial charge in [0.05, 0.1) is 17.2 Å². The Hall–Kier alpha value is -3.92. The van der Waals surface area contributed by atoms with Crippen molar-refractivity contribution in [2.75, 3.05) is 24.0 Å². The van der Waals surface area contributed by atoms with Gasteiger partial charge in [-0.2, -0.15) is 0 Å². The standard InChI is InChI=1S/C34H42FN3O5S/c1-3-32(34(40)36-28-13-9-6-10-14-28)37(24-23-26-11-7-5-8-12-26)33(39)25-38(29-17-19-30(20-18-29)43-4-2)44(41,42)31-21-15-27(35)16-22-31/h5,7-8,11-12,15-22,28,32H,3-4,6,9-10,13-14,23-25H2,1-2H3,(H,36,40). The summed E-state index contributed by atoms with van der Waals surface area (Å²) < 4.78 is 48.1. The van der Waals surface area contributed by atoms with Crippen molar-refractivity contribution in [3.8, 4) is 5.75 Å². The van der Waals surface area contributed by atoms with E-state index in [0.29, 0.717) is 25.2 Å². The van der Waals surface area contributed by atoms with E-state index in [4.69, 9.17) is 4.74 Å². The molecule has 0 radical (unpaired) electrons. The molecule has 0 aromatic heterocycles. The molecule has 1 atom stereocenters. The molecule has 8 nitrogen and oxygen atoms in total. The molecule has 44 heavy (non-hydrogen) atoms. The van der Waals surface area contributed by atoms with Crippen LogP contribution < -0.4 is 14.4 Å². The number of amides is 2. The zero-order valence-corrected chi connectivity index (χ0v) is 26.3. The van der Waals surface area contributed by atoms with Crippen molar-refractivity contribution in [1.29, 1.82) is 0 Å². The number of nitrogens with one attached hydrogen (secondary N) is 1. The number of carbonyl (C=O) groups excluding carboxylic acids is 2. The summed E-state index contributed by atoms with van der Waals surface area (Å²) in [6.45, 7) is 3.82. The number of sulfonamides is 1. The lowest BCUT2D eigenvalue weighted by Crippen LogP contribution is -2.54. The number of carbonyl (C=O) groups is 2. The molecule has 1 fully saturated rings. The summed E-state index contributed by atoms with van der Waals surface area (Å²) in [5, 5.41) is 3.15. The first kappa shape index (κ1) is 33.0. The van der Waals surface area contributed by atoms with Crippen LogP contribution in [0.15, 0.2) is 83.8 Å². The molecule has 2 amide bonds. The molecule has 0 spiro atoms. The Morgan fingerprint density at radius 1 is 0.932 bits per heavy atom. The van der Waals surface area contributed by atoms with Crippen molar-refractivity contribution < 1.29 is 27.1 Å². The molecule has 3 aromatic rings. The molecule has 10 heteroatoms. The number of benzene rings is 3. The molecule has 4 rings (SSSR count). The molecule has 0 bridgehead atoms. The maximum Gasteiger partial charge on any atom is 0.264 e. The normalized spacial score (nSPS) is 14.4. The van der Waals surface area contributed by atoms with Crippen molar-refractivity contribution in [2.24, 2.45) is 0 Å². The molecule has 1 aliphatic carbocycles. The maximum absolute atomic E-state index is 14.2. The Morgan fingerprint density at radius 2 is 1.59 bits per heavy atom. The number of nitrogens with zero attached hydrogens (tertiary/aromatic N) is 2. The predicted octanol–water partition coefficient (Wildman–Crippen LogP) is 5.72. The summed E-state index contributed by atoms with van der Waals surface area (Å²) in [6, 6.07) is 19.8. The van der Waals surface area contributed by atoms with Gasteiger partial charge in [-0.25, -0.2) is 12.8 Å². The van der Waals surface area contributed by atoms with E-state index in [2.05, 4.69) is 5.32 Å². The largest absolute Gasteiger partial charge is 0.494 e. The van der Waals surface area contributed by atoms with Crippen LogP contribution in [0.2, 0.25) is 0 Å². The summed E-state index contributed by atoms with van der Waals surface area (Å²) in [5.41, 5.74) is 1.24. The van der Waals surface area contributed by atoms with Gasteiger partial charge in [0, 0.05) is 12.6 Å². The average molecular weight is 624 g/mol. The second kappa shape index (κ2) is 15.7. The Kier molecular flexibility index (Phi) is 11.8. The van der Waals surface area contributed by atoms with Crippen LogP contribution in [0, 0.1) is 5.82 Å². The van der Waals surface area contributed by atoms with E-state index in [0.717, 1.165) is 54.1 Å². The van der Waals surface area contributed by atoms with E-state index >= 15 is 0 Å². The third kappa shape index (κ3) is 8.59. The summed E-state index contributed by atoms with van der Waals surface area (Å²) >= 11 is 0. The van der Waals surface area contributed by atoms with Gasteiger partial charge in [0.15, 0.2) is 0 Å². The van der Waals surface area contributed by atoms with Gasteiger partial charge in [-0.1, -0.05) is 56.5 Å². The van der Waals surface area contributed by atoms with Crippen LogP contribution >= 0.6 is 0 Å². The Bertz CT molecular complexity index is 1460. The smallest absolute Gasteiger partial charge is 0.264 e. The number of rotatable bonds is 14. The highest BCUT2D eigenvalue weighted by molar-refractivity contribution is 7.92. The molecule has 1 N–H and O–H groups in total. The second-order valence-electron chi connectivity index (χ2n) is 11.0. The highest BCUT2D eigenvalue weighted by Gasteiger charge is 2.34. The minimum absolute atomic E-state index is 0.0654. The monoisotopic (exact) mass is 623 g/mol. The maximum atomic E-state index is 14.2. The van der Waals surface area contributed by atoms with Gasteiger partial charge < -0.3 is 15.0 Å². The van der Waals surface area contributed by atoms with Gasteiger partial charge in [0.1, 0.15) is 24.2 Å². The van der Waals surface area contributed by atoms with E-state index in [9.17, 15) is 22.4 Å². The molecule has 1 unspecified atom stereocenters. The zero-order valence-electron chi connectivity index (χ0n) is 25.5. The van der Waals surface area contributed by atoms with Crippen LogP contribution in [0.5, 0.6) is 5.75 Å². The fourth-order valence-electron chi connectivity index (χ4n) is 5.58. The predicted molar refractivity (Wildman–Crippen MR) is 169 cm³/mol. The zero-order chi connectivity index (χ0) is 31.5. The van der Waals surface area contributed by atoms with E-state index < -0.39 is 34.3 Å². The van der Waals surface area contributed by atoms with Crippen LogP contribution in [0.1, 0.15) is 57.9 Å². The molecule has 0 saturated heterocycles. The van der Waals surface area contributed by atoms with E-state index in [1.807, 2.05) is 44.2 Å². The molecule has 1 saturated carbocycles. The molecule has 0 aliphatic heterocycles. The fourth-order valence-corrected chi connectivity index (χ4v) is 6.99. The first-order valence-electron chi connectivity index (χ1n) is 15.4. The molecule has 236 valence electrons. The Morgan fingerprint density at radius 3 is 2.20 bits per heavy atom.